The average Bonchev–Trinajstić information content (AvgIpc) is 2.36. The second-order valence-electron chi connectivity index (χ2n) is 5.70. The van der Waals surface area contributed by atoms with Gasteiger partial charge >= 0.3 is 0 Å². The van der Waals surface area contributed by atoms with Gasteiger partial charge in [-0.05, 0) is 24.7 Å². The van der Waals surface area contributed by atoms with Crippen LogP contribution in [0.1, 0.15) is 72.1 Å². The van der Waals surface area contributed by atoms with E-state index in [1.807, 2.05) is 0 Å². The van der Waals surface area contributed by atoms with Crippen molar-refractivity contribution in [3.8, 4) is 0 Å². The molecule has 0 aromatic heterocycles. The van der Waals surface area contributed by atoms with Crippen molar-refractivity contribution >= 4 is 0 Å². The van der Waals surface area contributed by atoms with Gasteiger partial charge < -0.3 is 5.73 Å². The molecule has 0 aliphatic heterocycles. The molecule has 84 valence electrons. The molecule has 0 amide bonds. The third-order valence-corrected chi connectivity index (χ3v) is 4.25. The summed E-state index contributed by atoms with van der Waals surface area (Å²) >= 11 is 0. The van der Waals surface area contributed by atoms with E-state index in [2.05, 4.69) is 20.8 Å². The van der Waals surface area contributed by atoms with Crippen LogP contribution in [0.3, 0.4) is 0 Å². The standard InChI is InChI=1S/C13H27N/c1-4-5-6-7-10-13(14)11-8-9-12(13,2)3/h4-11,14H2,1-3H3. The second-order valence-corrected chi connectivity index (χ2v) is 5.70. The fraction of sp³-hybridized carbons (Fsp3) is 1.00. The molecule has 0 bridgehead atoms. The van der Waals surface area contributed by atoms with Crippen molar-refractivity contribution in [2.75, 3.05) is 0 Å². The smallest absolute Gasteiger partial charge is 0.0206 e. The Hall–Kier alpha value is -0.0400. The first-order valence-electron chi connectivity index (χ1n) is 6.31. The fourth-order valence-corrected chi connectivity index (χ4v) is 2.76. The Morgan fingerprint density at radius 2 is 1.79 bits per heavy atom. The minimum absolute atomic E-state index is 0.140. The summed E-state index contributed by atoms with van der Waals surface area (Å²) in [5.74, 6) is 0. The van der Waals surface area contributed by atoms with Crippen LogP contribution in [0.15, 0.2) is 0 Å². The Morgan fingerprint density at radius 3 is 2.29 bits per heavy atom. The molecule has 0 spiro atoms. The molecule has 0 heterocycles. The maximum Gasteiger partial charge on any atom is 0.0206 e. The van der Waals surface area contributed by atoms with Crippen LogP contribution >= 0.6 is 0 Å². The summed E-state index contributed by atoms with van der Waals surface area (Å²) < 4.78 is 0. The Kier molecular flexibility index (Phi) is 4.00. The summed E-state index contributed by atoms with van der Waals surface area (Å²) in [4.78, 5) is 0. The molecule has 1 aliphatic rings. The topological polar surface area (TPSA) is 26.0 Å². The quantitative estimate of drug-likeness (QED) is 0.665. The lowest BCUT2D eigenvalue weighted by Crippen LogP contribution is -2.48. The molecular formula is C13H27N. The highest BCUT2D eigenvalue weighted by atomic mass is 14.8. The molecule has 0 aromatic carbocycles. The normalized spacial score (nSPS) is 30.9. The van der Waals surface area contributed by atoms with Crippen molar-refractivity contribution < 1.29 is 0 Å². The lowest BCUT2D eigenvalue weighted by atomic mass is 9.73. The van der Waals surface area contributed by atoms with Crippen molar-refractivity contribution in [2.24, 2.45) is 11.1 Å². The summed E-state index contributed by atoms with van der Waals surface area (Å²) in [5.41, 5.74) is 7.03. The molecule has 0 saturated heterocycles. The third-order valence-electron chi connectivity index (χ3n) is 4.25. The van der Waals surface area contributed by atoms with Crippen LogP contribution in [0, 0.1) is 5.41 Å². The SMILES string of the molecule is CCCCCCC1(N)CCCC1(C)C. The highest BCUT2D eigenvalue weighted by molar-refractivity contribution is 5.02. The van der Waals surface area contributed by atoms with Crippen LogP contribution in [-0.2, 0) is 0 Å². The molecule has 1 saturated carbocycles. The predicted octanol–water partition coefficient (Wildman–Crippen LogP) is 3.86. The molecule has 14 heavy (non-hydrogen) atoms. The van der Waals surface area contributed by atoms with E-state index in [1.165, 1.54) is 51.4 Å². The van der Waals surface area contributed by atoms with Crippen LogP contribution in [0.2, 0.25) is 0 Å². The minimum Gasteiger partial charge on any atom is -0.325 e. The Bertz CT molecular complexity index is 174. The van der Waals surface area contributed by atoms with Gasteiger partial charge in [-0.25, -0.2) is 0 Å². The first-order chi connectivity index (χ1) is 6.52. The van der Waals surface area contributed by atoms with Crippen LogP contribution < -0.4 is 5.73 Å². The summed E-state index contributed by atoms with van der Waals surface area (Å²) in [6.07, 6.45) is 10.5. The number of nitrogens with two attached hydrogens (primary N) is 1. The maximum atomic E-state index is 6.52. The first-order valence-corrected chi connectivity index (χ1v) is 6.31. The highest BCUT2D eigenvalue weighted by Crippen LogP contribution is 2.46. The number of hydrogen-bond donors (Lipinski definition) is 1. The van der Waals surface area contributed by atoms with Crippen molar-refractivity contribution in [3.05, 3.63) is 0 Å². The van der Waals surface area contributed by atoms with Gasteiger partial charge in [0.1, 0.15) is 0 Å². The Labute approximate surface area is 89.5 Å². The van der Waals surface area contributed by atoms with Crippen molar-refractivity contribution in [1.82, 2.24) is 0 Å². The van der Waals surface area contributed by atoms with Gasteiger partial charge in [-0.3, -0.25) is 0 Å². The summed E-state index contributed by atoms with van der Waals surface area (Å²) in [6, 6.07) is 0. The Morgan fingerprint density at radius 1 is 1.07 bits per heavy atom. The molecule has 1 aliphatic carbocycles. The summed E-state index contributed by atoms with van der Waals surface area (Å²) in [6.45, 7) is 6.96. The zero-order chi connectivity index (χ0) is 10.7. The van der Waals surface area contributed by atoms with E-state index < -0.39 is 0 Å². The fourth-order valence-electron chi connectivity index (χ4n) is 2.76. The van der Waals surface area contributed by atoms with Gasteiger partial charge in [0.05, 0.1) is 0 Å². The lowest BCUT2D eigenvalue weighted by molar-refractivity contribution is 0.190. The van der Waals surface area contributed by atoms with Crippen LogP contribution in [0.5, 0.6) is 0 Å². The predicted molar refractivity (Wildman–Crippen MR) is 63.3 cm³/mol. The average molecular weight is 197 g/mol. The van der Waals surface area contributed by atoms with E-state index in [4.69, 9.17) is 5.73 Å². The molecule has 0 aromatic rings. The van der Waals surface area contributed by atoms with Crippen molar-refractivity contribution in [1.29, 1.82) is 0 Å². The van der Waals surface area contributed by atoms with Gasteiger partial charge in [-0.15, -0.1) is 0 Å². The molecule has 1 rings (SSSR count). The van der Waals surface area contributed by atoms with Gasteiger partial charge in [-0.1, -0.05) is 52.9 Å². The zero-order valence-electron chi connectivity index (χ0n) is 10.2. The molecule has 1 atom stereocenters. The van der Waals surface area contributed by atoms with Gasteiger partial charge in [0.15, 0.2) is 0 Å². The van der Waals surface area contributed by atoms with Gasteiger partial charge in [-0.2, -0.15) is 0 Å². The molecule has 1 heteroatoms. The molecule has 1 unspecified atom stereocenters. The molecular weight excluding hydrogens is 170 g/mol. The lowest BCUT2D eigenvalue weighted by Gasteiger charge is -2.38. The van der Waals surface area contributed by atoms with Crippen molar-refractivity contribution in [3.63, 3.8) is 0 Å². The van der Waals surface area contributed by atoms with E-state index >= 15 is 0 Å². The van der Waals surface area contributed by atoms with E-state index in [9.17, 15) is 0 Å². The highest BCUT2D eigenvalue weighted by Gasteiger charge is 2.44. The number of rotatable bonds is 5. The number of unbranched alkanes of at least 4 members (excludes halogenated alkanes) is 3. The molecule has 0 radical (unpaired) electrons. The van der Waals surface area contributed by atoms with E-state index in [1.54, 1.807) is 0 Å². The van der Waals surface area contributed by atoms with Crippen LogP contribution in [0.4, 0.5) is 0 Å². The van der Waals surface area contributed by atoms with Gasteiger partial charge in [0, 0.05) is 5.54 Å². The van der Waals surface area contributed by atoms with Gasteiger partial charge in [0.2, 0.25) is 0 Å². The van der Waals surface area contributed by atoms with Gasteiger partial charge in [0.25, 0.3) is 0 Å². The first kappa shape index (κ1) is 12.0. The maximum absolute atomic E-state index is 6.52. The summed E-state index contributed by atoms with van der Waals surface area (Å²) in [7, 11) is 0. The number of hydrogen-bond acceptors (Lipinski definition) is 1. The van der Waals surface area contributed by atoms with Crippen LogP contribution in [0.25, 0.3) is 0 Å². The second kappa shape index (κ2) is 4.65. The van der Waals surface area contributed by atoms with E-state index in [-0.39, 0.29) is 5.54 Å². The molecule has 1 fully saturated rings. The minimum atomic E-state index is 0.140. The van der Waals surface area contributed by atoms with Crippen molar-refractivity contribution in [2.45, 2.75) is 77.7 Å². The third kappa shape index (κ3) is 2.50. The van der Waals surface area contributed by atoms with Crippen LogP contribution in [-0.4, -0.2) is 5.54 Å². The largest absolute Gasteiger partial charge is 0.325 e. The molecule has 1 nitrogen and oxygen atoms in total. The monoisotopic (exact) mass is 197 g/mol. The summed E-state index contributed by atoms with van der Waals surface area (Å²) in [5, 5.41) is 0. The molecule has 2 N–H and O–H groups in total. The van der Waals surface area contributed by atoms with E-state index in [0.29, 0.717) is 5.41 Å². The Balaban J connectivity index is 2.34. The zero-order valence-corrected chi connectivity index (χ0v) is 10.2. The van der Waals surface area contributed by atoms with E-state index in [0.717, 1.165) is 0 Å².